The molecule has 2 nitrogen and oxygen atoms in total. The van der Waals surface area contributed by atoms with Crippen molar-refractivity contribution in [2.45, 2.75) is 32.7 Å². The maximum atomic E-state index is 5.59. The summed E-state index contributed by atoms with van der Waals surface area (Å²) < 4.78 is 5.59. The van der Waals surface area contributed by atoms with Gasteiger partial charge in [0.05, 0.1) is 12.3 Å². The third-order valence-electron chi connectivity index (χ3n) is 2.93. The highest BCUT2D eigenvalue weighted by molar-refractivity contribution is 7.09. The average molecular weight is 249 g/mol. The van der Waals surface area contributed by atoms with Crippen LogP contribution < -0.4 is 5.32 Å². The minimum atomic E-state index is 0.331. The molecule has 0 aliphatic rings. The first kappa shape index (κ1) is 12.4. The summed E-state index contributed by atoms with van der Waals surface area (Å²) in [5, 5.41) is 5.63. The first-order valence-corrected chi connectivity index (χ1v) is 6.99. The van der Waals surface area contributed by atoms with Crippen molar-refractivity contribution in [1.82, 2.24) is 5.32 Å². The van der Waals surface area contributed by atoms with Crippen molar-refractivity contribution < 1.29 is 4.42 Å². The molecule has 2 heterocycles. The van der Waals surface area contributed by atoms with E-state index >= 15 is 0 Å². The highest BCUT2D eigenvalue weighted by atomic mass is 32.1. The van der Waals surface area contributed by atoms with Gasteiger partial charge in [0.1, 0.15) is 5.76 Å². The zero-order valence-corrected chi connectivity index (χ0v) is 11.2. The van der Waals surface area contributed by atoms with Crippen LogP contribution in [0.1, 0.15) is 35.6 Å². The van der Waals surface area contributed by atoms with Crippen LogP contribution in [0, 0.1) is 6.92 Å². The largest absolute Gasteiger partial charge is 0.467 e. The van der Waals surface area contributed by atoms with E-state index in [2.05, 4.69) is 36.7 Å². The van der Waals surface area contributed by atoms with Crippen molar-refractivity contribution in [3.05, 3.63) is 46.0 Å². The predicted octanol–water partition coefficient (Wildman–Crippen LogP) is 3.93. The fourth-order valence-electron chi connectivity index (χ4n) is 2.06. The van der Waals surface area contributed by atoms with Crippen molar-refractivity contribution in [2.24, 2.45) is 0 Å². The zero-order valence-electron chi connectivity index (χ0n) is 10.4. The summed E-state index contributed by atoms with van der Waals surface area (Å²) in [6.07, 6.45) is 3.97. The van der Waals surface area contributed by atoms with Crippen molar-refractivity contribution in [3.63, 3.8) is 0 Å². The number of hydrogen-bond acceptors (Lipinski definition) is 3. The van der Waals surface area contributed by atoms with Crippen LogP contribution in [0.4, 0.5) is 0 Å². The lowest BCUT2D eigenvalue weighted by Crippen LogP contribution is -2.21. The highest BCUT2D eigenvalue weighted by Crippen LogP contribution is 2.24. The molecule has 0 saturated carbocycles. The second-order valence-corrected chi connectivity index (χ2v) is 5.23. The Hall–Kier alpha value is -1.06. The Kier molecular flexibility index (Phi) is 4.40. The van der Waals surface area contributed by atoms with Gasteiger partial charge in [-0.2, -0.15) is 0 Å². The molecule has 0 aromatic carbocycles. The molecule has 0 aliphatic carbocycles. The number of thiophene rings is 1. The van der Waals surface area contributed by atoms with Crippen LogP contribution in [0.15, 0.2) is 34.3 Å². The first-order chi connectivity index (χ1) is 8.31. The SMILES string of the molecule is CCNC(CCc1cccs1)c1occc1C. The second kappa shape index (κ2) is 6.03. The summed E-state index contributed by atoms with van der Waals surface area (Å²) in [7, 11) is 0. The summed E-state index contributed by atoms with van der Waals surface area (Å²) in [6, 6.07) is 6.67. The summed E-state index contributed by atoms with van der Waals surface area (Å²) in [6.45, 7) is 5.21. The minimum Gasteiger partial charge on any atom is -0.467 e. The topological polar surface area (TPSA) is 25.2 Å². The van der Waals surface area contributed by atoms with Crippen LogP contribution in [0.5, 0.6) is 0 Å². The summed E-state index contributed by atoms with van der Waals surface area (Å²) in [5.74, 6) is 1.09. The molecule has 0 fully saturated rings. The smallest absolute Gasteiger partial charge is 0.123 e. The summed E-state index contributed by atoms with van der Waals surface area (Å²) in [5.41, 5.74) is 1.24. The fourth-order valence-corrected chi connectivity index (χ4v) is 2.78. The monoisotopic (exact) mass is 249 g/mol. The molecule has 3 heteroatoms. The third kappa shape index (κ3) is 3.20. The molecule has 2 aromatic rings. The Balaban J connectivity index is 2.00. The lowest BCUT2D eigenvalue weighted by molar-refractivity contribution is 0.399. The van der Waals surface area contributed by atoms with Crippen LogP contribution >= 0.6 is 11.3 Å². The Morgan fingerprint density at radius 1 is 1.41 bits per heavy atom. The number of hydrogen-bond donors (Lipinski definition) is 1. The normalized spacial score (nSPS) is 12.8. The van der Waals surface area contributed by atoms with E-state index < -0.39 is 0 Å². The van der Waals surface area contributed by atoms with Crippen molar-refractivity contribution in [2.75, 3.05) is 6.54 Å². The van der Waals surface area contributed by atoms with Crippen LogP contribution in [-0.2, 0) is 6.42 Å². The maximum Gasteiger partial charge on any atom is 0.123 e. The zero-order chi connectivity index (χ0) is 12.1. The van der Waals surface area contributed by atoms with E-state index in [0.717, 1.165) is 25.1 Å². The van der Waals surface area contributed by atoms with Gasteiger partial charge in [-0.05, 0) is 49.4 Å². The van der Waals surface area contributed by atoms with Crippen molar-refractivity contribution in [3.8, 4) is 0 Å². The standard InChI is InChI=1S/C14H19NOS/c1-3-15-13(14-11(2)8-9-16-14)7-6-12-5-4-10-17-12/h4-5,8-10,13,15H,3,6-7H2,1-2H3. The van der Waals surface area contributed by atoms with E-state index in [1.165, 1.54) is 10.4 Å². The van der Waals surface area contributed by atoms with Gasteiger partial charge in [0.2, 0.25) is 0 Å². The van der Waals surface area contributed by atoms with E-state index in [0.29, 0.717) is 6.04 Å². The molecule has 0 radical (unpaired) electrons. The Morgan fingerprint density at radius 3 is 2.88 bits per heavy atom. The molecule has 1 N–H and O–H groups in total. The lowest BCUT2D eigenvalue weighted by Gasteiger charge is -2.16. The summed E-state index contributed by atoms with van der Waals surface area (Å²) >= 11 is 1.83. The van der Waals surface area contributed by atoms with Crippen LogP contribution in [0.2, 0.25) is 0 Å². The number of rotatable bonds is 6. The molecule has 0 bridgehead atoms. The van der Waals surface area contributed by atoms with E-state index in [9.17, 15) is 0 Å². The van der Waals surface area contributed by atoms with Gasteiger partial charge in [0.25, 0.3) is 0 Å². The van der Waals surface area contributed by atoms with Gasteiger partial charge in [0, 0.05) is 4.88 Å². The molecular formula is C14H19NOS. The Labute approximate surface area is 107 Å². The van der Waals surface area contributed by atoms with Gasteiger partial charge in [-0.1, -0.05) is 13.0 Å². The van der Waals surface area contributed by atoms with Crippen molar-refractivity contribution >= 4 is 11.3 Å². The molecule has 0 aliphatic heterocycles. The molecule has 1 unspecified atom stereocenters. The fraction of sp³-hybridized carbons (Fsp3) is 0.429. The molecule has 17 heavy (non-hydrogen) atoms. The van der Waals surface area contributed by atoms with E-state index in [1.807, 2.05) is 17.4 Å². The first-order valence-electron chi connectivity index (χ1n) is 6.11. The third-order valence-corrected chi connectivity index (χ3v) is 3.86. The molecule has 0 spiro atoms. The van der Waals surface area contributed by atoms with Gasteiger partial charge in [-0.15, -0.1) is 11.3 Å². The van der Waals surface area contributed by atoms with E-state index in [4.69, 9.17) is 4.42 Å². The van der Waals surface area contributed by atoms with Crippen LogP contribution in [0.3, 0.4) is 0 Å². The highest BCUT2D eigenvalue weighted by Gasteiger charge is 2.15. The maximum absolute atomic E-state index is 5.59. The number of nitrogens with one attached hydrogen (secondary N) is 1. The van der Waals surface area contributed by atoms with Gasteiger partial charge in [0.15, 0.2) is 0 Å². The second-order valence-electron chi connectivity index (χ2n) is 4.20. The Morgan fingerprint density at radius 2 is 2.29 bits per heavy atom. The molecule has 92 valence electrons. The number of aryl methyl sites for hydroxylation is 2. The molecule has 2 aromatic heterocycles. The average Bonchev–Trinajstić information content (AvgIpc) is 2.95. The predicted molar refractivity (Wildman–Crippen MR) is 72.5 cm³/mol. The quantitative estimate of drug-likeness (QED) is 0.839. The van der Waals surface area contributed by atoms with Crippen molar-refractivity contribution in [1.29, 1.82) is 0 Å². The van der Waals surface area contributed by atoms with Gasteiger partial charge < -0.3 is 9.73 Å². The van der Waals surface area contributed by atoms with Gasteiger partial charge in [-0.3, -0.25) is 0 Å². The van der Waals surface area contributed by atoms with E-state index in [-0.39, 0.29) is 0 Å². The van der Waals surface area contributed by atoms with Gasteiger partial charge >= 0.3 is 0 Å². The molecule has 1 atom stereocenters. The van der Waals surface area contributed by atoms with Crippen LogP contribution in [0.25, 0.3) is 0 Å². The molecule has 0 amide bonds. The van der Waals surface area contributed by atoms with Crippen LogP contribution in [-0.4, -0.2) is 6.54 Å². The minimum absolute atomic E-state index is 0.331. The van der Waals surface area contributed by atoms with E-state index in [1.54, 1.807) is 6.26 Å². The molecule has 0 saturated heterocycles. The lowest BCUT2D eigenvalue weighted by atomic mass is 10.1. The number of furan rings is 1. The summed E-state index contributed by atoms with van der Waals surface area (Å²) in [4.78, 5) is 1.44. The molecule has 2 rings (SSSR count). The Bertz CT molecular complexity index is 433. The van der Waals surface area contributed by atoms with Gasteiger partial charge in [-0.25, -0.2) is 0 Å². The molecular weight excluding hydrogens is 230 g/mol.